The lowest BCUT2D eigenvalue weighted by Crippen LogP contribution is -2.39. The largest absolute Gasteiger partial charge is 0.465 e. The number of amides is 2. The quantitative estimate of drug-likeness (QED) is 0.518. The highest BCUT2D eigenvalue weighted by Gasteiger charge is 2.40. The van der Waals surface area contributed by atoms with Gasteiger partial charge in [0.15, 0.2) is 0 Å². The Balaban J connectivity index is 1.52. The van der Waals surface area contributed by atoms with Crippen LogP contribution in [0.4, 0.5) is 0 Å². The number of hydrogen-bond acceptors (Lipinski definition) is 3. The smallest absolute Gasteiger partial charge is 0.255 e. The number of benzene rings is 2. The zero-order chi connectivity index (χ0) is 22.4. The van der Waals surface area contributed by atoms with Gasteiger partial charge in [-0.05, 0) is 43.7 Å². The number of furan rings is 1. The van der Waals surface area contributed by atoms with Gasteiger partial charge in [0.2, 0.25) is 5.91 Å². The number of aryl methyl sites for hydroxylation is 2. The Morgan fingerprint density at radius 2 is 1.78 bits per heavy atom. The first-order chi connectivity index (χ1) is 15.5. The van der Waals surface area contributed by atoms with Gasteiger partial charge < -0.3 is 19.2 Å². The van der Waals surface area contributed by atoms with Crippen LogP contribution in [0.5, 0.6) is 0 Å². The predicted molar refractivity (Wildman–Crippen MR) is 122 cm³/mol. The molecule has 32 heavy (non-hydrogen) atoms. The Labute approximate surface area is 186 Å². The first kappa shape index (κ1) is 20.1. The summed E-state index contributed by atoms with van der Waals surface area (Å²) in [5.74, 6) is 1.14. The molecule has 0 bridgehead atoms. The van der Waals surface area contributed by atoms with E-state index >= 15 is 0 Å². The number of carbonyl (C=O) groups is 2. The summed E-state index contributed by atoms with van der Waals surface area (Å²) in [4.78, 5) is 27.9. The third-order valence-electron chi connectivity index (χ3n) is 6.35. The number of aromatic nitrogens is 1. The van der Waals surface area contributed by atoms with Crippen LogP contribution in [-0.2, 0) is 18.4 Å². The van der Waals surface area contributed by atoms with Gasteiger partial charge in [-0.15, -0.1) is 0 Å². The van der Waals surface area contributed by atoms with E-state index in [0.29, 0.717) is 17.9 Å². The Morgan fingerprint density at radius 1 is 1.03 bits per heavy atom. The maximum Gasteiger partial charge on any atom is 0.255 e. The number of para-hydroxylation sites is 1. The molecule has 0 saturated heterocycles. The molecule has 1 atom stereocenters. The molecule has 2 aromatic carbocycles. The van der Waals surface area contributed by atoms with Crippen LogP contribution in [0.1, 0.15) is 44.7 Å². The number of hydrogen-bond donors (Lipinski definition) is 1. The molecule has 6 heteroatoms. The van der Waals surface area contributed by atoms with Crippen LogP contribution < -0.4 is 5.32 Å². The molecule has 4 aromatic rings. The zero-order valence-corrected chi connectivity index (χ0v) is 18.4. The lowest BCUT2D eigenvalue weighted by molar-refractivity contribution is -0.122. The van der Waals surface area contributed by atoms with E-state index in [9.17, 15) is 9.59 Å². The standard InChI is InChI=1S/C26H25N3O3/c1-16-12-13-18(32-16)14-27-23(30)15-29-25(19-8-4-5-9-20(19)26(29)31)24-17(2)28(3)22-11-7-6-10-21(22)24/h4-13,25H,14-15H2,1-3H3,(H,27,30)/t25-/m0/s1. The number of rotatable bonds is 5. The van der Waals surface area contributed by atoms with Crippen LogP contribution in [0.3, 0.4) is 0 Å². The molecular weight excluding hydrogens is 402 g/mol. The summed E-state index contributed by atoms with van der Waals surface area (Å²) in [5.41, 5.74) is 4.84. The van der Waals surface area contributed by atoms with Gasteiger partial charge in [-0.25, -0.2) is 0 Å². The molecule has 6 nitrogen and oxygen atoms in total. The van der Waals surface area contributed by atoms with Crippen molar-refractivity contribution in [2.24, 2.45) is 7.05 Å². The van der Waals surface area contributed by atoms with E-state index in [1.807, 2.05) is 62.5 Å². The fraction of sp³-hybridized carbons (Fsp3) is 0.231. The second kappa shape index (κ2) is 7.71. The van der Waals surface area contributed by atoms with Crippen LogP contribution in [0.15, 0.2) is 65.1 Å². The normalized spacial score (nSPS) is 15.4. The minimum Gasteiger partial charge on any atom is -0.465 e. The average Bonchev–Trinajstić information content (AvgIpc) is 3.41. The number of nitrogens with one attached hydrogen (secondary N) is 1. The molecule has 0 fully saturated rings. The van der Waals surface area contributed by atoms with Gasteiger partial charge in [-0.3, -0.25) is 9.59 Å². The zero-order valence-electron chi connectivity index (χ0n) is 18.4. The lowest BCUT2D eigenvalue weighted by Gasteiger charge is -2.26. The van der Waals surface area contributed by atoms with Crippen LogP contribution >= 0.6 is 0 Å². The third-order valence-corrected chi connectivity index (χ3v) is 6.35. The summed E-state index contributed by atoms with van der Waals surface area (Å²) >= 11 is 0. The fourth-order valence-electron chi connectivity index (χ4n) is 4.72. The van der Waals surface area contributed by atoms with Crippen molar-refractivity contribution < 1.29 is 14.0 Å². The van der Waals surface area contributed by atoms with E-state index in [1.54, 1.807) is 4.90 Å². The first-order valence-corrected chi connectivity index (χ1v) is 10.7. The van der Waals surface area contributed by atoms with Crippen LogP contribution in [0, 0.1) is 13.8 Å². The number of nitrogens with zero attached hydrogens (tertiary/aromatic N) is 2. The van der Waals surface area contributed by atoms with Crippen LogP contribution in [-0.4, -0.2) is 27.8 Å². The molecular formula is C26H25N3O3. The van der Waals surface area contributed by atoms with Crippen molar-refractivity contribution in [3.63, 3.8) is 0 Å². The minimum absolute atomic E-state index is 0.0273. The molecule has 0 spiro atoms. The summed E-state index contributed by atoms with van der Waals surface area (Å²) in [6.07, 6.45) is 0. The van der Waals surface area contributed by atoms with Crippen molar-refractivity contribution >= 4 is 22.7 Å². The Bertz CT molecular complexity index is 1350. The van der Waals surface area contributed by atoms with Crippen molar-refractivity contribution in [2.45, 2.75) is 26.4 Å². The molecule has 0 unspecified atom stereocenters. The van der Waals surface area contributed by atoms with Crippen LogP contribution in [0.25, 0.3) is 10.9 Å². The highest BCUT2D eigenvalue weighted by atomic mass is 16.3. The number of fused-ring (bicyclic) bond motifs is 2. The predicted octanol–water partition coefficient (Wildman–Crippen LogP) is 4.25. The summed E-state index contributed by atoms with van der Waals surface area (Å²) in [7, 11) is 2.03. The van der Waals surface area contributed by atoms with E-state index in [0.717, 1.165) is 33.5 Å². The summed E-state index contributed by atoms with van der Waals surface area (Å²) in [5, 5.41) is 3.98. The van der Waals surface area contributed by atoms with Gasteiger partial charge in [-0.2, -0.15) is 0 Å². The molecule has 162 valence electrons. The van der Waals surface area contributed by atoms with Crippen molar-refractivity contribution in [3.05, 3.63) is 94.6 Å². The SMILES string of the molecule is Cc1ccc(CNC(=O)CN2C(=O)c3ccccc3[C@H]2c2c(C)n(C)c3ccccc23)o1. The molecule has 2 amide bonds. The van der Waals surface area contributed by atoms with Crippen molar-refractivity contribution in [1.82, 2.24) is 14.8 Å². The minimum atomic E-state index is -0.318. The fourth-order valence-corrected chi connectivity index (χ4v) is 4.72. The number of carbonyl (C=O) groups excluding carboxylic acids is 2. The van der Waals surface area contributed by atoms with Gasteiger partial charge in [0.1, 0.15) is 18.1 Å². The van der Waals surface area contributed by atoms with E-state index < -0.39 is 0 Å². The lowest BCUT2D eigenvalue weighted by atomic mass is 9.95. The van der Waals surface area contributed by atoms with Gasteiger partial charge in [-0.1, -0.05) is 36.4 Å². The Morgan fingerprint density at radius 3 is 2.56 bits per heavy atom. The van der Waals surface area contributed by atoms with Gasteiger partial charge in [0.25, 0.3) is 5.91 Å². The molecule has 1 aliphatic heterocycles. The van der Waals surface area contributed by atoms with Gasteiger partial charge >= 0.3 is 0 Å². The molecule has 1 aliphatic rings. The van der Waals surface area contributed by atoms with Gasteiger partial charge in [0.05, 0.1) is 12.6 Å². The van der Waals surface area contributed by atoms with Crippen LogP contribution in [0.2, 0.25) is 0 Å². The van der Waals surface area contributed by atoms with E-state index in [2.05, 4.69) is 28.9 Å². The second-order valence-electron chi connectivity index (χ2n) is 8.29. The maximum atomic E-state index is 13.4. The third kappa shape index (κ3) is 3.19. The second-order valence-corrected chi connectivity index (χ2v) is 8.29. The Hall–Kier alpha value is -3.80. The monoisotopic (exact) mass is 427 g/mol. The highest BCUT2D eigenvalue weighted by molar-refractivity contribution is 6.02. The van der Waals surface area contributed by atoms with Crippen molar-refractivity contribution in [2.75, 3.05) is 6.54 Å². The first-order valence-electron chi connectivity index (χ1n) is 10.7. The average molecular weight is 428 g/mol. The summed E-state index contributed by atoms with van der Waals surface area (Å²) in [6, 6.07) is 19.2. The molecule has 0 aliphatic carbocycles. The van der Waals surface area contributed by atoms with Crippen molar-refractivity contribution in [3.8, 4) is 0 Å². The molecule has 0 radical (unpaired) electrons. The molecule has 2 aromatic heterocycles. The van der Waals surface area contributed by atoms with E-state index in [4.69, 9.17) is 4.42 Å². The Kier molecular flexibility index (Phi) is 4.85. The molecule has 1 N–H and O–H groups in total. The van der Waals surface area contributed by atoms with Gasteiger partial charge in [0, 0.05) is 34.8 Å². The summed E-state index contributed by atoms with van der Waals surface area (Å²) in [6.45, 7) is 4.20. The highest BCUT2D eigenvalue weighted by Crippen LogP contribution is 2.43. The molecule has 3 heterocycles. The summed E-state index contributed by atoms with van der Waals surface area (Å²) < 4.78 is 7.68. The van der Waals surface area contributed by atoms with E-state index in [1.165, 1.54) is 0 Å². The molecule has 5 rings (SSSR count). The van der Waals surface area contributed by atoms with E-state index in [-0.39, 0.29) is 24.4 Å². The topological polar surface area (TPSA) is 67.5 Å². The maximum absolute atomic E-state index is 13.4. The van der Waals surface area contributed by atoms with Crippen molar-refractivity contribution in [1.29, 1.82) is 0 Å². The molecule has 0 saturated carbocycles.